The number of rotatable bonds is 7. The van der Waals surface area contributed by atoms with E-state index < -0.39 is 5.82 Å². The second kappa shape index (κ2) is 8.04. The van der Waals surface area contributed by atoms with Crippen LogP contribution in [0.4, 0.5) is 4.39 Å². The molecule has 1 rings (SSSR count). The van der Waals surface area contributed by atoms with Crippen molar-refractivity contribution in [1.82, 2.24) is 5.32 Å². The average molecular weight is 285 g/mol. The van der Waals surface area contributed by atoms with Crippen LogP contribution in [0.1, 0.15) is 13.8 Å². The van der Waals surface area contributed by atoms with Crippen molar-refractivity contribution in [2.24, 2.45) is 5.92 Å². The lowest BCUT2D eigenvalue weighted by molar-refractivity contribution is -0.124. The Labute approximate surface area is 117 Å². The molecule has 5 heteroatoms. The van der Waals surface area contributed by atoms with Gasteiger partial charge in [-0.3, -0.25) is 4.79 Å². The summed E-state index contributed by atoms with van der Waals surface area (Å²) in [5, 5.41) is 2.81. The Hall–Kier alpha value is -1.23. The molecule has 0 aromatic heterocycles. The Morgan fingerprint density at radius 2 is 2.11 bits per heavy atom. The molecule has 0 fully saturated rings. The normalized spacial score (nSPS) is 13.7. The molecule has 0 saturated heterocycles. The summed E-state index contributed by atoms with van der Waals surface area (Å²) in [5.74, 6) is 0.570. The first-order valence-corrected chi connectivity index (χ1v) is 7.61. The number of para-hydroxylation sites is 1. The third-order valence-electron chi connectivity index (χ3n) is 2.59. The van der Waals surface area contributed by atoms with Crippen molar-refractivity contribution in [3.05, 3.63) is 30.1 Å². The van der Waals surface area contributed by atoms with E-state index in [9.17, 15) is 9.18 Å². The summed E-state index contributed by atoms with van der Waals surface area (Å²) in [6.45, 7) is 4.05. The number of hydrogen-bond donors (Lipinski definition) is 1. The second-order valence-electron chi connectivity index (χ2n) is 4.46. The maximum atomic E-state index is 13.4. The van der Waals surface area contributed by atoms with Crippen LogP contribution in [-0.4, -0.2) is 30.6 Å². The van der Waals surface area contributed by atoms with Crippen LogP contribution in [0, 0.1) is 11.7 Å². The Bertz CT molecular complexity index is 414. The molecule has 0 bridgehead atoms. The Balaban J connectivity index is 2.38. The molecule has 1 aromatic carbocycles. The van der Waals surface area contributed by atoms with E-state index in [0.717, 1.165) is 5.75 Å². The molecule has 1 amide bonds. The average Bonchev–Trinajstić information content (AvgIpc) is 2.39. The van der Waals surface area contributed by atoms with Gasteiger partial charge in [-0.15, -0.1) is 0 Å². The highest BCUT2D eigenvalue weighted by Gasteiger charge is 2.14. The van der Waals surface area contributed by atoms with Gasteiger partial charge < -0.3 is 10.1 Å². The SMILES string of the molecule is CSC[C@@H](C)C(=O)NC[C@H](C)Oc1ccccc1F. The molecule has 0 radical (unpaired) electrons. The molecule has 3 nitrogen and oxygen atoms in total. The predicted octanol–water partition coefficient (Wildman–Crippen LogP) is 2.71. The van der Waals surface area contributed by atoms with Crippen LogP contribution in [0.15, 0.2) is 24.3 Å². The highest BCUT2D eigenvalue weighted by Crippen LogP contribution is 2.16. The number of carbonyl (C=O) groups excluding carboxylic acids is 1. The lowest BCUT2D eigenvalue weighted by Crippen LogP contribution is -2.37. The lowest BCUT2D eigenvalue weighted by Gasteiger charge is -2.17. The first-order chi connectivity index (χ1) is 9.04. The molecule has 0 aliphatic heterocycles. The van der Waals surface area contributed by atoms with E-state index in [-0.39, 0.29) is 23.7 Å². The molecule has 0 unspecified atom stereocenters. The fourth-order valence-corrected chi connectivity index (χ4v) is 2.19. The van der Waals surface area contributed by atoms with Crippen LogP contribution < -0.4 is 10.1 Å². The number of thioether (sulfide) groups is 1. The van der Waals surface area contributed by atoms with Crippen molar-refractivity contribution in [1.29, 1.82) is 0 Å². The van der Waals surface area contributed by atoms with Crippen LogP contribution >= 0.6 is 11.8 Å². The molecular weight excluding hydrogens is 265 g/mol. The number of ether oxygens (including phenoxy) is 1. The van der Waals surface area contributed by atoms with Gasteiger partial charge in [-0.05, 0) is 25.3 Å². The van der Waals surface area contributed by atoms with Crippen molar-refractivity contribution in [2.45, 2.75) is 20.0 Å². The maximum absolute atomic E-state index is 13.4. The summed E-state index contributed by atoms with van der Waals surface area (Å²) in [6, 6.07) is 6.24. The fraction of sp³-hybridized carbons (Fsp3) is 0.500. The topological polar surface area (TPSA) is 38.3 Å². The smallest absolute Gasteiger partial charge is 0.223 e. The summed E-state index contributed by atoms with van der Waals surface area (Å²) >= 11 is 1.64. The summed E-state index contributed by atoms with van der Waals surface area (Å²) in [5.41, 5.74) is 0. The molecule has 2 atom stereocenters. The van der Waals surface area contributed by atoms with Gasteiger partial charge in [0.25, 0.3) is 0 Å². The number of hydrogen-bond acceptors (Lipinski definition) is 3. The zero-order chi connectivity index (χ0) is 14.3. The first kappa shape index (κ1) is 15.8. The Kier molecular flexibility index (Phi) is 6.70. The van der Waals surface area contributed by atoms with Crippen molar-refractivity contribution in [2.75, 3.05) is 18.6 Å². The standard InChI is InChI=1S/C14H20FNO2S/c1-10(9-19-3)14(17)16-8-11(2)18-13-7-5-4-6-12(13)15/h4-7,10-11H,8-9H2,1-3H3,(H,16,17)/t10-,11+/m1/s1. The molecule has 0 spiro atoms. The monoisotopic (exact) mass is 285 g/mol. The molecule has 0 saturated carbocycles. The van der Waals surface area contributed by atoms with Gasteiger partial charge >= 0.3 is 0 Å². The Morgan fingerprint density at radius 3 is 2.74 bits per heavy atom. The van der Waals surface area contributed by atoms with E-state index in [1.807, 2.05) is 13.2 Å². The molecule has 1 N–H and O–H groups in total. The van der Waals surface area contributed by atoms with Crippen molar-refractivity contribution in [3.8, 4) is 5.75 Å². The number of carbonyl (C=O) groups is 1. The van der Waals surface area contributed by atoms with Crippen molar-refractivity contribution >= 4 is 17.7 Å². The van der Waals surface area contributed by atoms with Crippen LogP contribution in [0.5, 0.6) is 5.75 Å². The van der Waals surface area contributed by atoms with E-state index >= 15 is 0 Å². The lowest BCUT2D eigenvalue weighted by atomic mass is 10.2. The van der Waals surface area contributed by atoms with Gasteiger partial charge in [-0.25, -0.2) is 4.39 Å². The van der Waals surface area contributed by atoms with Crippen LogP contribution in [0.3, 0.4) is 0 Å². The van der Waals surface area contributed by atoms with Gasteiger partial charge in [-0.2, -0.15) is 11.8 Å². The third-order valence-corrected chi connectivity index (χ3v) is 3.43. The quantitative estimate of drug-likeness (QED) is 0.837. The molecule has 0 aliphatic carbocycles. The van der Waals surface area contributed by atoms with Gasteiger partial charge in [0, 0.05) is 11.7 Å². The number of nitrogens with one attached hydrogen (secondary N) is 1. The summed E-state index contributed by atoms with van der Waals surface area (Å²) in [6.07, 6.45) is 1.69. The number of amides is 1. The summed E-state index contributed by atoms with van der Waals surface area (Å²) < 4.78 is 18.8. The van der Waals surface area contributed by atoms with Crippen molar-refractivity contribution in [3.63, 3.8) is 0 Å². The van der Waals surface area contributed by atoms with Crippen LogP contribution in [0.2, 0.25) is 0 Å². The third kappa shape index (κ3) is 5.51. The minimum Gasteiger partial charge on any atom is -0.486 e. The fourth-order valence-electron chi connectivity index (χ4n) is 1.54. The molecular formula is C14H20FNO2S. The number of benzene rings is 1. The van der Waals surface area contributed by atoms with E-state index in [2.05, 4.69) is 5.32 Å². The van der Waals surface area contributed by atoms with Gasteiger partial charge in [-0.1, -0.05) is 19.1 Å². The second-order valence-corrected chi connectivity index (χ2v) is 5.37. The van der Waals surface area contributed by atoms with E-state index in [0.29, 0.717) is 6.54 Å². The molecule has 19 heavy (non-hydrogen) atoms. The largest absolute Gasteiger partial charge is 0.486 e. The zero-order valence-electron chi connectivity index (χ0n) is 11.5. The summed E-state index contributed by atoms with van der Waals surface area (Å²) in [4.78, 5) is 11.7. The van der Waals surface area contributed by atoms with Gasteiger partial charge in [0.1, 0.15) is 6.10 Å². The molecule has 0 heterocycles. The first-order valence-electron chi connectivity index (χ1n) is 6.22. The van der Waals surface area contributed by atoms with Crippen molar-refractivity contribution < 1.29 is 13.9 Å². The molecule has 0 aliphatic rings. The highest BCUT2D eigenvalue weighted by molar-refractivity contribution is 7.98. The predicted molar refractivity (Wildman–Crippen MR) is 77.0 cm³/mol. The summed E-state index contributed by atoms with van der Waals surface area (Å²) in [7, 11) is 0. The highest BCUT2D eigenvalue weighted by atomic mass is 32.2. The zero-order valence-corrected chi connectivity index (χ0v) is 12.3. The Morgan fingerprint density at radius 1 is 1.42 bits per heavy atom. The van der Waals surface area contributed by atoms with Crippen LogP contribution in [-0.2, 0) is 4.79 Å². The van der Waals surface area contributed by atoms with E-state index in [4.69, 9.17) is 4.74 Å². The van der Waals surface area contributed by atoms with E-state index in [1.54, 1.807) is 36.9 Å². The van der Waals surface area contributed by atoms with Gasteiger partial charge in [0.15, 0.2) is 11.6 Å². The number of halogens is 1. The van der Waals surface area contributed by atoms with Gasteiger partial charge in [0.05, 0.1) is 6.54 Å². The molecule has 106 valence electrons. The minimum atomic E-state index is -0.392. The molecule has 1 aromatic rings. The maximum Gasteiger partial charge on any atom is 0.223 e. The van der Waals surface area contributed by atoms with Gasteiger partial charge in [0.2, 0.25) is 5.91 Å². The van der Waals surface area contributed by atoms with E-state index in [1.165, 1.54) is 6.07 Å². The van der Waals surface area contributed by atoms with Crippen LogP contribution in [0.25, 0.3) is 0 Å². The minimum absolute atomic E-state index is 0.00154.